The number of hydrogen-bond acceptors (Lipinski definition) is 6. The summed E-state index contributed by atoms with van der Waals surface area (Å²) >= 11 is 1.31. The minimum Gasteiger partial charge on any atom is -0.497 e. The Kier molecular flexibility index (Phi) is 6.90. The molecule has 1 amide bonds. The summed E-state index contributed by atoms with van der Waals surface area (Å²) in [5.41, 5.74) is 3.32. The van der Waals surface area contributed by atoms with E-state index in [-0.39, 0.29) is 16.4 Å². The van der Waals surface area contributed by atoms with Crippen LogP contribution in [-0.2, 0) is 14.8 Å². The maximum atomic E-state index is 12.4. The largest absolute Gasteiger partial charge is 0.497 e. The summed E-state index contributed by atoms with van der Waals surface area (Å²) in [5.74, 6) is 0.0934. The number of rotatable bonds is 8. The van der Waals surface area contributed by atoms with Crippen molar-refractivity contribution in [1.29, 1.82) is 0 Å². The summed E-state index contributed by atoms with van der Waals surface area (Å²) in [6.45, 7) is 1.97. The van der Waals surface area contributed by atoms with Crippen LogP contribution in [0.2, 0.25) is 0 Å². The second-order valence-electron chi connectivity index (χ2n) is 5.27. The predicted octanol–water partition coefficient (Wildman–Crippen LogP) is 2.11. The third-order valence-corrected chi connectivity index (χ3v) is 5.66. The highest BCUT2D eigenvalue weighted by atomic mass is 32.2. The molecule has 0 heterocycles. The van der Waals surface area contributed by atoms with E-state index in [1.807, 2.05) is 31.2 Å². The van der Waals surface area contributed by atoms with Crippen LogP contribution in [-0.4, -0.2) is 34.3 Å². The summed E-state index contributed by atoms with van der Waals surface area (Å²) < 4.78 is 35.0. The van der Waals surface area contributed by atoms with Gasteiger partial charge in [0.2, 0.25) is 5.91 Å². The van der Waals surface area contributed by atoms with E-state index in [4.69, 9.17) is 9.47 Å². The second kappa shape index (κ2) is 8.93. The molecule has 0 aliphatic heterocycles. The van der Waals surface area contributed by atoms with E-state index in [2.05, 4.69) is 10.3 Å². The van der Waals surface area contributed by atoms with Crippen molar-refractivity contribution in [3.05, 3.63) is 48.0 Å². The van der Waals surface area contributed by atoms with Crippen molar-refractivity contribution in [2.45, 2.75) is 16.7 Å². The molecule has 0 aromatic heterocycles. The zero-order valence-corrected chi connectivity index (χ0v) is 16.2. The molecule has 0 unspecified atom stereocenters. The highest BCUT2D eigenvalue weighted by molar-refractivity contribution is 8.00. The Balaban J connectivity index is 1.99. The Morgan fingerprint density at radius 2 is 1.77 bits per heavy atom. The number of carbonyl (C=O) groups is 1. The molecule has 2 N–H and O–H groups in total. The molecule has 0 fully saturated rings. The first-order valence-electron chi connectivity index (χ1n) is 7.58. The molecule has 0 atom stereocenters. The molecule has 7 nitrogen and oxygen atoms in total. The highest BCUT2D eigenvalue weighted by Gasteiger charge is 2.21. The fourth-order valence-electron chi connectivity index (χ4n) is 1.99. The first-order valence-corrected chi connectivity index (χ1v) is 10.0. The van der Waals surface area contributed by atoms with Crippen LogP contribution in [0.1, 0.15) is 5.56 Å². The quantitative estimate of drug-likeness (QED) is 0.524. The third kappa shape index (κ3) is 5.38. The first kappa shape index (κ1) is 20.1. The average Bonchev–Trinajstić information content (AvgIpc) is 2.65. The molecule has 2 aromatic carbocycles. The number of ether oxygens (including phenoxy) is 2. The van der Waals surface area contributed by atoms with Crippen LogP contribution in [0.5, 0.6) is 11.5 Å². The van der Waals surface area contributed by atoms with Gasteiger partial charge < -0.3 is 9.47 Å². The van der Waals surface area contributed by atoms with Crippen LogP contribution in [0, 0.1) is 6.92 Å². The molecule has 2 rings (SSSR count). The van der Waals surface area contributed by atoms with Crippen LogP contribution in [0.3, 0.4) is 0 Å². The maximum Gasteiger partial charge on any atom is 0.261 e. The normalized spacial score (nSPS) is 11.0. The Morgan fingerprint density at radius 1 is 1.08 bits per heavy atom. The Bertz CT molecular complexity index is 867. The predicted molar refractivity (Wildman–Crippen MR) is 99.9 cm³/mol. The van der Waals surface area contributed by atoms with Crippen LogP contribution >= 0.6 is 11.8 Å². The molecule has 0 aliphatic rings. The number of aryl methyl sites for hydroxylation is 1. The number of hydrazine groups is 1. The lowest BCUT2D eigenvalue weighted by atomic mass is 10.2. The smallest absolute Gasteiger partial charge is 0.261 e. The molecular weight excluding hydrogens is 376 g/mol. The van der Waals surface area contributed by atoms with Gasteiger partial charge in [-0.05, 0) is 31.2 Å². The van der Waals surface area contributed by atoms with E-state index in [0.29, 0.717) is 5.75 Å². The van der Waals surface area contributed by atoms with Crippen molar-refractivity contribution in [1.82, 2.24) is 10.3 Å². The number of benzene rings is 2. The number of amides is 1. The van der Waals surface area contributed by atoms with Crippen molar-refractivity contribution >= 4 is 27.7 Å². The van der Waals surface area contributed by atoms with Gasteiger partial charge in [0.1, 0.15) is 16.4 Å². The molecule has 0 spiro atoms. The van der Waals surface area contributed by atoms with E-state index in [9.17, 15) is 13.2 Å². The Hall–Kier alpha value is -2.23. The number of carbonyl (C=O) groups excluding carboxylic acids is 1. The average molecular weight is 396 g/mol. The van der Waals surface area contributed by atoms with Gasteiger partial charge in [-0.25, -0.2) is 8.42 Å². The molecule has 0 bridgehead atoms. The Labute approximate surface area is 157 Å². The molecule has 0 saturated heterocycles. The van der Waals surface area contributed by atoms with Gasteiger partial charge in [-0.3, -0.25) is 10.2 Å². The lowest BCUT2D eigenvalue weighted by molar-refractivity contribution is -0.119. The van der Waals surface area contributed by atoms with Gasteiger partial charge in [-0.2, -0.15) is 0 Å². The fraction of sp³-hybridized carbons (Fsp3) is 0.235. The highest BCUT2D eigenvalue weighted by Crippen LogP contribution is 2.27. The molecule has 140 valence electrons. The van der Waals surface area contributed by atoms with E-state index in [1.54, 1.807) is 6.07 Å². The molecule has 26 heavy (non-hydrogen) atoms. The first-order chi connectivity index (χ1) is 12.4. The summed E-state index contributed by atoms with van der Waals surface area (Å²) in [5, 5.41) is 0. The minimum absolute atomic E-state index is 0.0703. The molecule has 0 aliphatic carbocycles. The fourth-order valence-corrected chi connectivity index (χ4v) is 3.74. The standard InChI is InChI=1S/C17H20N2O5S2/c1-12-4-7-14(8-5-12)25-11-17(20)18-19-26(21,22)16-10-13(23-2)6-9-15(16)24-3/h4-10,19H,11H2,1-3H3,(H,18,20). The molecule has 2 aromatic rings. The van der Waals surface area contributed by atoms with Gasteiger partial charge >= 0.3 is 0 Å². The number of nitrogens with one attached hydrogen (secondary N) is 2. The van der Waals surface area contributed by atoms with Crippen LogP contribution in [0.25, 0.3) is 0 Å². The van der Waals surface area contributed by atoms with E-state index in [1.165, 1.54) is 38.1 Å². The van der Waals surface area contributed by atoms with Crippen molar-refractivity contribution in [3.63, 3.8) is 0 Å². The second-order valence-corrected chi connectivity index (χ2v) is 7.97. The van der Waals surface area contributed by atoms with Crippen LogP contribution in [0.4, 0.5) is 0 Å². The van der Waals surface area contributed by atoms with Crippen molar-refractivity contribution in [3.8, 4) is 11.5 Å². The van der Waals surface area contributed by atoms with Crippen LogP contribution < -0.4 is 19.7 Å². The van der Waals surface area contributed by atoms with Gasteiger partial charge in [-0.1, -0.05) is 17.7 Å². The molecule has 0 radical (unpaired) electrons. The number of sulfonamides is 1. The van der Waals surface area contributed by atoms with E-state index >= 15 is 0 Å². The zero-order chi connectivity index (χ0) is 19.2. The topological polar surface area (TPSA) is 93.7 Å². The summed E-state index contributed by atoms with van der Waals surface area (Å²) in [6, 6.07) is 12.1. The third-order valence-electron chi connectivity index (χ3n) is 3.38. The number of methoxy groups -OCH3 is 2. The van der Waals surface area contributed by atoms with Crippen LogP contribution in [0.15, 0.2) is 52.3 Å². The minimum atomic E-state index is -4.02. The SMILES string of the molecule is COc1ccc(OC)c(S(=O)(=O)NNC(=O)CSc2ccc(C)cc2)c1. The van der Waals surface area contributed by atoms with Crippen molar-refractivity contribution in [2.75, 3.05) is 20.0 Å². The number of hydrogen-bond donors (Lipinski definition) is 2. The maximum absolute atomic E-state index is 12.4. The number of thioether (sulfide) groups is 1. The monoisotopic (exact) mass is 396 g/mol. The van der Waals surface area contributed by atoms with Crippen molar-refractivity contribution in [2.24, 2.45) is 0 Å². The van der Waals surface area contributed by atoms with Gasteiger partial charge in [0.15, 0.2) is 0 Å². The van der Waals surface area contributed by atoms with E-state index in [0.717, 1.165) is 10.5 Å². The van der Waals surface area contributed by atoms with E-state index < -0.39 is 15.9 Å². The zero-order valence-electron chi connectivity index (χ0n) is 14.6. The summed E-state index contributed by atoms with van der Waals surface area (Å²) in [6.07, 6.45) is 0. The lowest BCUT2D eigenvalue weighted by Gasteiger charge is -2.12. The van der Waals surface area contributed by atoms with Gasteiger partial charge in [-0.15, -0.1) is 16.6 Å². The van der Waals surface area contributed by atoms with Gasteiger partial charge in [0, 0.05) is 11.0 Å². The van der Waals surface area contributed by atoms with Gasteiger partial charge in [0.05, 0.1) is 20.0 Å². The van der Waals surface area contributed by atoms with Crippen molar-refractivity contribution < 1.29 is 22.7 Å². The summed E-state index contributed by atoms with van der Waals surface area (Å²) in [7, 11) is -1.23. The molecule has 0 saturated carbocycles. The summed E-state index contributed by atoms with van der Waals surface area (Å²) in [4.78, 5) is 14.8. The molecular formula is C17H20N2O5S2. The van der Waals surface area contributed by atoms with Gasteiger partial charge in [0.25, 0.3) is 10.0 Å². The Morgan fingerprint density at radius 3 is 2.38 bits per heavy atom. The lowest BCUT2D eigenvalue weighted by Crippen LogP contribution is -2.42. The molecule has 9 heteroatoms.